The summed E-state index contributed by atoms with van der Waals surface area (Å²) >= 11 is 0. The van der Waals surface area contributed by atoms with Crippen LogP contribution in [-0.2, 0) is 9.59 Å². The minimum Gasteiger partial charge on any atom is -0.481 e. The van der Waals surface area contributed by atoms with Gasteiger partial charge >= 0.3 is 11.9 Å². The van der Waals surface area contributed by atoms with E-state index in [1.807, 2.05) is 18.2 Å². The summed E-state index contributed by atoms with van der Waals surface area (Å²) in [4.78, 5) is 23.4. The predicted molar refractivity (Wildman–Crippen MR) is 81.4 cm³/mol. The lowest BCUT2D eigenvalue weighted by atomic mass is 9.65. The van der Waals surface area contributed by atoms with E-state index in [0.29, 0.717) is 17.6 Å². The van der Waals surface area contributed by atoms with Crippen LogP contribution in [-0.4, -0.2) is 17.0 Å². The molecular formula is C18H22O4. The zero-order valence-corrected chi connectivity index (χ0v) is 12.6. The molecule has 0 radical (unpaired) electrons. The van der Waals surface area contributed by atoms with Crippen molar-refractivity contribution in [1.29, 1.82) is 0 Å². The summed E-state index contributed by atoms with van der Waals surface area (Å²) < 4.78 is 5.46. The van der Waals surface area contributed by atoms with Gasteiger partial charge < -0.3 is 9.84 Å². The second-order valence-electron chi connectivity index (χ2n) is 6.61. The van der Waals surface area contributed by atoms with Gasteiger partial charge in [0.2, 0.25) is 0 Å². The van der Waals surface area contributed by atoms with E-state index in [2.05, 4.69) is 0 Å². The number of carbonyl (C=O) groups excluding carboxylic acids is 1. The zero-order valence-electron chi connectivity index (χ0n) is 12.6. The average molecular weight is 302 g/mol. The first-order chi connectivity index (χ1) is 10.6. The van der Waals surface area contributed by atoms with Crippen molar-refractivity contribution in [1.82, 2.24) is 0 Å². The van der Waals surface area contributed by atoms with Crippen molar-refractivity contribution in [3.8, 4) is 5.75 Å². The number of carboxylic acids is 1. The number of aliphatic carboxylic acids is 1. The van der Waals surface area contributed by atoms with Crippen LogP contribution in [0.5, 0.6) is 5.75 Å². The number of fused-ring (bicyclic) bond motifs is 1. The molecule has 2 saturated carbocycles. The fourth-order valence-corrected chi connectivity index (χ4v) is 4.02. The molecule has 0 spiro atoms. The Hall–Kier alpha value is -1.84. The summed E-state index contributed by atoms with van der Waals surface area (Å²) in [5.41, 5.74) is 0. The first kappa shape index (κ1) is 15.1. The Bertz CT molecular complexity index is 539. The summed E-state index contributed by atoms with van der Waals surface area (Å²) in [7, 11) is 0. The molecule has 0 aliphatic heterocycles. The summed E-state index contributed by atoms with van der Waals surface area (Å²) in [6.45, 7) is 0. The molecular weight excluding hydrogens is 280 g/mol. The van der Waals surface area contributed by atoms with E-state index in [-0.39, 0.29) is 17.8 Å². The van der Waals surface area contributed by atoms with Crippen LogP contribution < -0.4 is 4.74 Å². The molecule has 1 aromatic carbocycles. The highest BCUT2D eigenvalue weighted by Gasteiger charge is 2.40. The van der Waals surface area contributed by atoms with E-state index < -0.39 is 5.97 Å². The van der Waals surface area contributed by atoms with Gasteiger partial charge in [0.05, 0.1) is 11.8 Å². The molecule has 0 saturated heterocycles. The summed E-state index contributed by atoms with van der Waals surface area (Å²) in [6.07, 6.45) is 5.07. The minimum atomic E-state index is -0.663. The normalized spacial score (nSPS) is 31.1. The maximum atomic E-state index is 12.3. The van der Waals surface area contributed by atoms with E-state index >= 15 is 0 Å². The molecule has 0 heterocycles. The molecule has 2 fully saturated rings. The van der Waals surface area contributed by atoms with Crippen LogP contribution in [0, 0.1) is 23.7 Å². The number of para-hydroxylation sites is 1. The molecule has 1 aromatic rings. The second kappa shape index (κ2) is 6.51. The van der Waals surface area contributed by atoms with Crippen molar-refractivity contribution < 1.29 is 19.4 Å². The number of benzene rings is 1. The van der Waals surface area contributed by atoms with Crippen molar-refractivity contribution >= 4 is 11.9 Å². The molecule has 4 atom stereocenters. The molecule has 2 aliphatic carbocycles. The van der Waals surface area contributed by atoms with E-state index in [1.165, 1.54) is 0 Å². The summed E-state index contributed by atoms with van der Waals surface area (Å²) in [5.74, 6) is 0.531. The first-order valence-electron chi connectivity index (χ1n) is 8.13. The largest absolute Gasteiger partial charge is 0.481 e. The lowest BCUT2D eigenvalue weighted by Gasteiger charge is -2.40. The summed E-state index contributed by atoms with van der Waals surface area (Å²) in [6, 6.07) is 9.19. The molecule has 0 bridgehead atoms. The number of rotatable bonds is 3. The third-order valence-corrected chi connectivity index (χ3v) is 5.26. The molecule has 118 valence electrons. The molecule has 22 heavy (non-hydrogen) atoms. The Morgan fingerprint density at radius 1 is 0.909 bits per heavy atom. The van der Waals surface area contributed by atoms with Crippen LogP contribution in [0.3, 0.4) is 0 Å². The molecule has 2 aliphatic rings. The summed E-state index contributed by atoms with van der Waals surface area (Å²) in [5, 5.41) is 9.16. The van der Waals surface area contributed by atoms with Crippen molar-refractivity contribution in [2.45, 2.75) is 38.5 Å². The van der Waals surface area contributed by atoms with Crippen LogP contribution in [0.4, 0.5) is 0 Å². The average Bonchev–Trinajstić information content (AvgIpc) is 2.54. The van der Waals surface area contributed by atoms with E-state index in [9.17, 15) is 9.59 Å². The van der Waals surface area contributed by atoms with Gasteiger partial charge in [-0.2, -0.15) is 0 Å². The van der Waals surface area contributed by atoms with Gasteiger partial charge in [-0.3, -0.25) is 9.59 Å². The van der Waals surface area contributed by atoms with Gasteiger partial charge in [-0.25, -0.2) is 0 Å². The maximum absolute atomic E-state index is 12.3. The second-order valence-corrected chi connectivity index (χ2v) is 6.61. The van der Waals surface area contributed by atoms with Crippen molar-refractivity contribution in [2.24, 2.45) is 23.7 Å². The Morgan fingerprint density at radius 2 is 1.50 bits per heavy atom. The van der Waals surface area contributed by atoms with Gasteiger partial charge in [0.25, 0.3) is 0 Å². The van der Waals surface area contributed by atoms with Gasteiger partial charge in [-0.05, 0) is 62.5 Å². The van der Waals surface area contributed by atoms with Crippen LogP contribution >= 0.6 is 0 Å². The van der Waals surface area contributed by atoms with Gasteiger partial charge in [-0.1, -0.05) is 18.2 Å². The van der Waals surface area contributed by atoms with Gasteiger partial charge in [0.15, 0.2) is 0 Å². The molecule has 4 nitrogen and oxygen atoms in total. The van der Waals surface area contributed by atoms with Gasteiger partial charge in [0, 0.05) is 0 Å². The SMILES string of the molecule is O=C(O)C1CCC2CC(C(=O)Oc3ccccc3)CCC2C1. The van der Waals surface area contributed by atoms with Gasteiger partial charge in [-0.15, -0.1) is 0 Å². The smallest absolute Gasteiger partial charge is 0.314 e. The Labute approximate surface area is 130 Å². The Morgan fingerprint density at radius 3 is 2.14 bits per heavy atom. The van der Waals surface area contributed by atoms with Crippen LogP contribution in [0.15, 0.2) is 30.3 Å². The van der Waals surface area contributed by atoms with Gasteiger partial charge in [0.1, 0.15) is 5.75 Å². The zero-order chi connectivity index (χ0) is 15.5. The highest BCUT2D eigenvalue weighted by molar-refractivity contribution is 5.75. The number of hydrogen-bond donors (Lipinski definition) is 1. The molecule has 4 heteroatoms. The third kappa shape index (κ3) is 3.32. The molecule has 4 unspecified atom stereocenters. The standard InChI is InChI=1S/C18H22O4/c19-17(20)14-8-6-13-11-15(9-7-12(13)10-14)18(21)22-16-4-2-1-3-5-16/h1-5,12-15H,6-11H2,(H,19,20). The monoisotopic (exact) mass is 302 g/mol. The maximum Gasteiger partial charge on any atom is 0.314 e. The lowest BCUT2D eigenvalue weighted by molar-refractivity contribution is -0.146. The number of hydrogen-bond acceptors (Lipinski definition) is 3. The molecule has 0 amide bonds. The number of ether oxygens (including phenoxy) is 1. The fourth-order valence-electron chi connectivity index (χ4n) is 4.02. The minimum absolute atomic E-state index is 0.0390. The number of carbonyl (C=O) groups is 2. The Kier molecular flexibility index (Phi) is 4.46. The van der Waals surface area contributed by atoms with Crippen molar-refractivity contribution in [2.75, 3.05) is 0 Å². The number of carboxylic acid groups (broad SMARTS) is 1. The van der Waals surface area contributed by atoms with Crippen LogP contribution in [0.25, 0.3) is 0 Å². The number of esters is 1. The lowest BCUT2D eigenvalue weighted by Crippen LogP contribution is -2.36. The predicted octanol–water partition coefficient (Wildman–Crippen LogP) is 3.51. The van der Waals surface area contributed by atoms with E-state index in [4.69, 9.17) is 9.84 Å². The quantitative estimate of drug-likeness (QED) is 0.685. The highest BCUT2D eigenvalue weighted by atomic mass is 16.5. The van der Waals surface area contributed by atoms with Crippen molar-refractivity contribution in [3.05, 3.63) is 30.3 Å². The fraction of sp³-hybridized carbons (Fsp3) is 0.556. The molecule has 1 N–H and O–H groups in total. The Balaban J connectivity index is 1.56. The first-order valence-corrected chi connectivity index (χ1v) is 8.13. The van der Waals surface area contributed by atoms with Crippen molar-refractivity contribution in [3.63, 3.8) is 0 Å². The third-order valence-electron chi connectivity index (χ3n) is 5.26. The highest BCUT2D eigenvalue weighted by Crippen LogP contribution is 2.45. The molecule has 3 rings (SSSR count). The van der Waals surface area contributed by atoms with E-state index in [0.717, 1.165) is 38.5 Å². The van der Waals surface area contributed by atoms with Crippen LogP contribution in [0.1, 0.15) is 38.5 Å². The van der Waals surface area contributed by atoms with E-state index in [1.54, 1.807) is 12.1 Å². The van der Waals surface area contributed by atoms with Crippen LogP contribution in [0.2, 0.25) is 0 Å². The topological polar surface area (TPSA) is 63.6 Å². The molecule has 0 aromatic heterocycles.